The third-order valence-corrected chi connectivity index (χ3v) is 11.7. The molecule has 0 aliphatic carbocycles. The molecule has 0 fully saturated rings. The van der Waals surface area contributed by atoms with E-state index in [1.807, 2.05) is 30.5 Å². The maximum absolute atomic E-state index is 11.3. The molecule has 4 heteroatoms. The molecule has 1 N–H and O–H groups in total. The van der Waals surface area contributed by atoms with Gasteiger partial charge in [0.1, 0.15) is 11.6 Å². The summed E-state index contributed by atoms with van der Waals surface area (Å²) in [7, 11) is 0. The predicted octanol–water partition coefficient (Wildman–Crippen LogP) is 14.1. The fourth-order valence-corrected chi connectivity index (χ4v) is 8.18. The fraction of sp³-hybridized carbons (Fsp3) is 0.127. The largest absolute Gasteiger partial charge is 0.507 e. The van der Waals surface area contributed by atoms with Crippen LogP contribution < -0.4 is 0 Å². The van der Waals surface area contributed by atoms with Crippen LogP contribution in [0.5, 0.6) is 5.75 Å². The Kier molecular flexibility index (Phi) is 9.57. The van der Waals surface area contributed by atoms with E-state index in [2.05, 4.69) is 191 Å². The van der Waals surface area contributed by atoms with Gasteiger partial charge >= 0.3 is 0 Å². The summed E-state index contributed by atoms with van der Waals surface area (Å²) >= 11 is 0. The first-order valence-corrected chi connectivity index (χ1v) is 20.3. The summed E-state index contributed by atoms with van der Waals surface area (Å²) in [6.07, 6.45) is 1.92. The number of benzene rings is 7. The van der Waals surface area contributed by atoms with Gasteiger partial charge in [-0.05, 0) is 92.9 Å². The van der Waals surface area contributed by atoms with E-state index in [1.165, 1.54) is 16.7 Å². The minimum atomic E-state index is -0.132. The van der Waals surface area contributed by atoms with Gasteiger partial charge in [-0.25, -0.2) is 4.98 Å². The fourth-order valence-electron chi connectivity index (χ4n) is 8.18. The second kappa shape index (κ2) is 15.0. The average Bonchev–Trinajstić information content (AvgIpc) is 3.66. The second-order valence-electron chi connectivity index (χ2n) is 16.9. The lowest BCUT2D eigenvalue weighted by Gasteiger charge is -2.26. The van der Waals surface area contributed by atoms with E-state index in [4.69, 9.17) is 9.97 Å². The van der Waals surface area contributed by atoms with Crippen LogP contribution in [0, 0.1) is 0 Å². The summed E-state index contributed by atoms with van der Waals surface area (Å²) in [5.41, 5.74) is 15.5. The Morgan fingerprint density at radius 1 is 0.458 bits per heavy atom. The molecule has 0 saturated carbocycles. The third-order valence-electron chi connectivity index (χ3n) is 11.7. The van der Waals surface area contributed by atoms with Crippen molar-refractivity contribution in [3.05, 3.63) is 205 Å². The number of fused-ring (bicyclic) bond motifs is 1. The lowest BCUT2D eigenvalue weighted by Crippen LogP contribution is -2.18. The smallest absolute Gasteiger partial charge is 0.149 e. The van der Waals surface area contributed by atoms with Crippen molar-refractivity contribution in [2.24, 2.45) is 0 Å². The van der Waals surface area contributed by atoms with Gasteiger partial charge in [0.15, 0.2) is 0 Å². The number of phenolic OH excluding ortho intramolecular Hbond substituents is 1. The van der Waals surface area contributed by atoms with Gasteiger partial charge in [0.25, 0.3) is 0 Å². The number of pyridine rings is 1. The molecule has 0 unspecified atom stereocenters. The minimum Gasteiger partial charge on any atom is -0.507 e. The molecule has 0 aliphatic heterocycles. The minimum absolute atomic E-state index is 0.112. The van der Waals surface area contributed by atoms with Gasteiger partial charge in [-0.15, -0.1) is 0 Å². The SMILES string of the molecule is CC(C)(C)c1cc(-c2cc(-c3ccc(C(C)(C)c4ccccc4)cc3)ccn2)cc(-c2cccc3c2nc(-c2ccccc2O)n3-c2ccccc2-c2ccccc2)c1. The summed E-state index contributed by atoms with van der Waals surface area (Å²) in [5.74, 6) is 0.856. The Bertz CT molecular complexity index is 2940. The van der Waals surface area contributed by atoms with Crippen molar-refractivity contribution in [3.63, 3.8) is 0 Å². The molecule has 0 atom stereocenters. The summed E-state index contributed by atoms with van der Waals surface area (Å²) in [4.78, 5) is 10.4. The highest BCUT2D eigenvalue weighted by Gasteiger charge is 2.25. The van der Waals surface area contributed by atoms with Gasteiger partial charge in [-0.1, -0.05) is 168 Å². The predicted molar refractivity (Wildman–Crippen MR) is 245 cm³/mol. The summed E-state index contributed by atoms with van der Waals surface area (Å²) in [5, 5.41) is 11.3. The van der Waals surface area contributed by atoms with E-state index in [-0.39, 0.29) is 16.6 Å². The monoisotopic (exact) mass is 765 g/mol. The van der Waals surface area contributed by atoms with Crippen molar-refractivity contribution in [2.75, 3.05) is 0 Å². The maximum Gasteiger partial charge on any atom is 0.149 e. The van der Waals surface area contributed by atoms with Gasteiger partial charge in [-0.2, -0.15) is 0 Å². The van der Waals surface area contributed by atoms with Gasteiger partial charge in [0.05, 0.1) is 28.0 Å². The lowest BCUT2D eigenvalue weighted by molar-refractivity contribution is 0.477. The Hall–Kier alpha value is -7.04. The number of hydrogen-bond acceptors (Lipinski definition) is 3. The first-order valence-electron chi connectivity index (χ1n) is 20.3. The van der Waals surface area contributed by atoms with Crippen LogP contribution in [0.15, 0.2) is 188 Å². The van der Waals surface area contributed by atoms with Crippen LogP contribution in [0.25, 0.3) is 72.7 Å². The van der Waals surface area contributed by atoms with E-state index in [0.29, 0.717) is 11.4 Å². The van der Waals surface area contributed by atoms with Gasteiger partial charge < -0.3 is 5.11 Å². The number of aromatic hydroxyl groups is 1. The molecule has 59 heavy (non-hydrogen) atoms. The quantitative estimate of drug-likeness (QED) is 0.168. The summed E-state index contributed by atoms with van der Waals surface area (Å²) in [6, 6.07) is 63.5. The molecule has 0 spiro atoms. The molecule has 0 amide bonds. The van der Waals surface area contributed by atoms with Crippen molar-refractivity contribution in [3.8, 4) is 67.5 Å². The molecule has 0 saturated heterocycles. The number of hydrogen-bond donors (Lipinski definition) is 1. The van der Waals surface area contributed by atoms with Crippen LogP contribution in [0.4, 0.5) is 0 Å². The van der Waals surface area contributed by atoms with Crippen LogP contribution in [0.3, 0.4) is 0 Å². The third kappa shape index (κ3) is 7.12. The first-order chi connectivity index (χ1) is 28.6. The van der Waals surface area contributed by atoms with Crippen LogP contribution in [-0.4, -0.2) is 19.6 Å². The molecular formula is C55H47N3O. The van der Waals surface area contributed by atoms with E-state index in [9.17, 15) is 5.11 Å². The average molecular weight is 766 g/mol. The van der Waals surface area contributed by atoms with Crippen LogP contribution in [-0.2, 0) is 10.8 Å². The highest BCUT2D eigenvalue weighted by molar-refractivity contribution is 5.97. The number of aromatic nitrogens is 3. The molecule has 9 rings (SSSR count). The Morgan fingerprint density at radius 2 is 1.08 bits per heavy atom. The summed E-state index contributed by atoms with van der Waals surface area (Å²) in [6.45, 7) is 11.3. The summed E-state index contributed by atoms with van der Waals surface area (Å²) < 4.78 is 2.20. The number of imidazole rings is 1. The molecule has 0 radical (unpaired) electrons. The molecule has 2 aromatic heterocycles. The van der Waals surface area contributed by atoms with Gasteiger partial charge in [0, 0.05) is 28.3 Å². The van der Waals surface area contributed by atoms with E-state index in [1.54, 1.807) is 6.07 Å². The standard InChI is InChI=1S/C55H47N3O/c1-54(2,3)44-34-40(33-41(35-44)48-36-39(31-32-56-48)37-27-29-43(30-28-37)55(4,5)42-19-10-7-11-20-42)46-23-16-25-50-52(46)57-53(47-22-13-15-26-51(47)59)58(50)49-24-14-12-21-45(49)38-17-8-6-9-18-38/h6-36,59H,1-5H3. The zero-order valence-electron chi connectivity index (χ0n) is 34.2. The van der Waals surface area contributed by atoms with E-state index in [0.717, 1.165) is 61.4 Å². The topological polar surface area (TPSA) is 50.9 Å². The molecule has 288 valence electrons. The molecule has 0 bridgehead atoms. The normalized spacial score (nSPS) is 11.9. The van der Waals surface area contributed by atoms with Gasteiger partial charge in [0.2, 0.25) is 0 Å². The van der Waals surface area contributed by atoms with Crippen LogP contribution in [0.1, 0.15) is 51.3 Å². The van der Waals surface area contributed by atoms with Crippen molar-refractivity contribution in [1.29, 1.82) is 0 Å². The maximum atomic E-state index is 11.3. The lowest BCUT2D eigenvalue weighted by atomic mass is 9.78. The van der Waals surface area contributed by atoms with Crippen molar-refractivity contribution < 1.29 is 5.11 Å². The first kappa shape index (κ1) is 37.5. The van der Waals surface area contributed by atoms with E-state index >= 15 is 0 Å². The zero-order chi connectivity index (χ0) is 40.7. The zero-order valence-corrected chi connectivity index (χ0v) is 34.2. The van der Waals surface area contributed by atoms with Gasteiger partial charge in [-0.3, -0.25) is 9.55 Å². The molecule has 7 aromatic carbocycles. The van der Waals surface area contributed by atoms with Crippen molar-refractivity contribution in [2.45, 2.75) is 45.4 Å². The Labute approximate surface area is 347 Å². The van der Waals surface area contributed by atoms with Crippen molar-refractivity contribution >= 4 is 11.0 Å². The van der Waals surface area contributed by atoms with Crippen molar-refractivity contribution in [1.82, 2.24) is 14.5 Å². The number of phenols is 1. The second-order valence-corrected chi connectivity index (χ2v) is 16.9. The highest BCUT2D eigenvalue weighted by atomic mass is 16.3. The molecule has 9 aromatic rings. The number of para-hydroxylation sites is 3. The highest BCUT2D eigenvalue weighted by Crippen LogP contribution is 2.42. The Morgan fingerprint density at radius 3 is 1.81 bits per heavy atom. The molecule has 2 heterocycles. The van der Waals surface area contributed by atoms with Crippen LogP contribution >= 0.6 is 0 Å². The number of nitrogens with zero attached hydrogens (tertiary/aromatic N) is 3. The number of rotatable bonds is 8. The molecular weight excluding hydrogens is 719 g/mol. The van der Waals surface area contributed by atoms with E-state index < -0.39 is 0 Å². The van der Waals surface area contributed by atoms with Crippen LogP contribution in [0.2, 0.25) is 0 Å². The molecule has 0 aliphatic rings. The Balaban J connectivity index is 1.19. The molecule has 4 nitrogen and oxygen atoms in total.